The average Bonchev–Trinajstić information content (AvgIpc) is 2.18. The lowest BCUT2D eigenvalue weighted by molar-refractivity contribution is -0.115. The predicted octanol–water partition coefficient (Wildman–Crippen LogP) is 0.482. The van der Waals surface area contributed by atoms with Crippen LogP contribution in [0.5, 0.6) is 0 Å². The molecule has 0 bridgehead atoms. The van der Waals surface area contributed by atoms with Gasteiger partial charge in [0, 0.05) is 18.8 Å². The first-order chi connectivity index (χ1) is 7.22. The van der Waals surface area contributed by atoms with E-state index < -0.39 is 0 Å². The molecule has 0 unspecified atom stereocenters. The zero-order chi connectivity index (χ0) is 11.1. The molecule has 1 amide bonds. The molecular weight excluding hydrogens is 190 g/mol. The van der Waals surface area contributed by atoms with Crippen molar-refractivity contribution < 1.29 is 4.79 Å². The molecule has 1 aromatic rings. The van der Waals surface area contributed by atoms with Gasteiger partial charge in [0.1, 0.15) is 0 Å². The SMILES string of the molecule is Cc1cccc(NC(=O)CNCCN)c1. The van der Waals surface area contributed by atoms with Crippen LogP contribution in [0.3, 0.4) is 0 Å². The Morgan fingerprint density at radius 3 is 2.93 bits per heavy atom. The molecule has 0 saturated carbocycles. The first kappa shape index (κ1) is 11.7. The topological polar surface area (TPSA) is 67.2 Å². The summed E-state index contributed by atoms with van der Waals surface area (Å²) in [6.07, 6.45) is 0. The van der Waals surface area contributed by atoms with Gasteiger partial charge in [-0.3, -0.25) is 4.79 Å². The highest BCUT2D eigenvalue weighted by molar-refractivity contribution is 5.92. The molecule has 0 heterocycles. The molecule has 4 heteroatoms. The van der Waals surface area contributed by atoms with Crippen LogP contribution in [0.25, 0.3) is 0 Å². The third-order valence-corrected chi connectivity index (χ3v) is 1.91. The molecule has 1 aromatic carbocycles. The smallest absolute Gasteiger partial charge is 0.238 e. The summed E-state index contributed by atoms with van der Waals surface area (Å²) >= 11 is 0. The Kier molecular flexibility index (Phi) is 4.80. The Morgan fingerprint density at radius 1 is 1.47 bits per heavy atom. The van der Waals surface area contributed by atoms with Crippen LogP contribution in [0, 0.1) is 6.92 Å². The van der Waals surface area contributed by atoms with Crippen molar-refractivity contribution in [2.24, 2.45) is 5.73 Å². The third-order valence-electron chi connectivity index (χ3n) is 1.91. The van der Waals surface area contributed by atoms with Crippen molar-refractivity contribution in [3.8, 4) is 0 Å². The predicted molar refractivity (Wildman–Crippen MR) is 61.7 cm³/mol. The number of nitrogens with one attached hydrogen (secondary N) is 2. The summed E-state index contributed by atoms with van der Waals surface area (Å²) in [6.45, 7) is 3.48. The minimum atomic E-state index is -0.0472. The number of nitrogens with two attached hydrogens (primary N) is 1. The summed E-state index contributed by atoms with van der Waals surface area (Å²) in [4.78, 5) is 11.4. The van der Waals surface area contributed by atoms with Gasteiger partial charge in [0.05, 0.1) is 6.54 Å². The number of hydrogen-bond acceptors (Lipinski definition) is 3. The number of carbonyl (C=O) groups excluding carboxylic acids is 1. The summed E-state index contributed by atoms with van der Waals surface area (Å²) in [6, 6.07) is 7.70. The average molecular weight is 207 g/mol. The van der Waals surface area contributed by atoms with Crippen molar-refractivity contribution in [1.29, 1.82) is 0 Å². The van der Waals surface area contributed by atoms with E-state index in [9.17, 15) is 4.79 Å². The Morgan fingerprint density at radius 2 is 2.27 bits per heavy atom. The first-order valence-electron chi connectivity index (χ1n) is 4.99. The van der Waals surface area contributed by atoms with Gasteiger partial charge in [0.15, 0.2) is 0 Å². The molecule has 15 heavy (non-hydrogen) atoms. The Balaban J connectivity index is 2.37. The fourth-order valence-electron chi connectivity index (χ4n) is 1.23. The van der Waals surface area contributed by atoms with Gasteiger partial charge in [-0.15, -0.1) is 0 Å². The summed E-state index contributed by atoms with van der Waals surface area (Å²) in [5.41, 5.74) is 7.25. The maximum Gasteiger partial charge on any atom is 0.238 e. The highest BCUT2D eigenvalue weighted by Crippen LogP contribution is 2.08. The molecule has 4 N–H and O–H groups in total. The van der Waals surface area contributed by atoms with E-state index in [1.54, 1.807) is 0 Å². The first-order valence-corrected chi connectivity index (χ1v) is 4.99. The molecule has 0 aliphatic carbocycles. The van der Waals surface area contributed by atoms with Crippen molar-refractivity contribution in [1.82, 2.24) is 5.32 Å². The van der Waals surface area contributed by atoms with Gasteiger partial charge in [-0.1, -0.05) is 12.1 Å². The molecule has 82 valence electrons. The monoisotopic (exact) mass is 207 g/mol. The van der Waals surface area contributed by atoms with Crippen LogP contribution in [-0.4, -0.2) is 25.5 Å². The van der Waals surface area contributed by atoms with Crippen molar-refractivity contribution in [2.45, 2.75) is 6.92 Å². The number of aryl methyl sites for hydroxylation is 1. The molecule has 0 aliphatic heterocycles. The molecule has 4 nitrogen and oxygen atoms in total. The van der Waals surface area contributed by atoms with Crippen molar-refractivity contribution in [3.63, 3.8) is 0 Å². The number of hydrogen-bond donors (Lipinski definition) is 3. The Bertz CT molecular complexity index is 325. The van der Waals surface area contributed by atoms with E-state index in [-0.39, 0.29) is 5.91 Å². The van der Waals surface area contributed by atoms with Gasteiger partial charge in [0.2, 0.25) is 5.91 Å². The maximum absolute atomic E-state index is 11.4. The largest absolute Gasteiger partial charge is 0.329 e. The lowest BCUT2D eigenvalue weighted by Gasteiger charge is -2.06. The van der Waals surface area contributed by atoms with Crippen LogP contribution in [0.4, 0.5) is 5.69 Å². The Hall–Kier alpha value is -1.39. The summed E-state index contributed by atoms with van der Waals surface area (Å²) < 4.78 is 0. The van der Waals surface area contributed by atoms with E-state index in [4.69, 9.17) is 5.73 Å². The number of benzene rings is 1. The third kappa shape index (κ3) is 4.58. The molecule has 0 atom stereocenters. The molecule has 0 saturated heterocycles. The van der Waals surface area contributed by atoms with Crippen molar-refractivity contribution in [3.05, 3.63) is 29.8 Å². The highest BCUT2D eigenvalue weighted by atomic mass is 16.1. The van der Waals surface area contributed by atoms with Crippen molar-refractivity contribution >= 4 is 11.6 Å². The van der Waals surface area contributed by atoms with Crippen LogP contribution < -0.4 is 16.4 Å². The summed E-state index contributed by atoms with van der Waals surface area (Å²) in [5.74, 6) is -0.0472. The molecule has 0 aromatic heterocycles. The van der Waals surface area contributed by atoms with E-state index in [0.29, 0.717) is 19.6 Å². The zero-order valence-electron chi connectivity index (χ0n) is 8.92. The molecule has 0 fully saturated rings. The molecule has 1 rings (SSSR count). The standard InChI is InChI=1S/C11H17N3O/c1-9-3-2-4-10(7-9)14-11(15)8-13-6-5-12/h2-4,7,13H,5-6,8,12H2,1H3,(H,14,15). The minimum Gasteiger partial charge on any atom is -0.329 e. The summed E-state index contributed by atoms with van der Waals surface area (Å²) in [5, 5.41) is 5.73. The zero-order valence-corrected chi connectivity index (χ0v) is 8.92. The Labute approximate surface area is 89.9 Å². The van der Waals surface area contributed by atoms with Crippen LogP contribution in [0.1, 0.15) is 5.56 Å². The normalized spacial score (nSPS) is 10.0. The van der Waals surface area contributed by atoms with Crippen molar-refractivity contribution in [2.75, 3.05) is 25.0 Å². The molecular formula is C11H17N3O. The van der Waals surface area contributed by atoms with Crippen LogP contribution in [0.2, 0.25) is 0 Å². The molecule has 0 aliphatic rings. The second kappa shape index (κ2) is 6.16. The van der Waals surface area contributed by atoms with E-state index in [1.807, 2.05) is 31.2 Å². The van der Waals surface area contributed by atoms with Crippen LogP contribution in [0.15, 0.2) is 24.3 Å². The fourth-order valence-corrected chi connectivity index (χ4v) is 1.23. The number of anilines is 1. The molecule has 0 radical (unpaired) electrons. The second-order valence-electron chi connectivity index (χ2n) is 3.38. The van der Waals surface area contributed by atoms with E-state index in [1.165, 1.54) is 0 Å². The van der Waals surface area contributed by atoms with Gasteiger partial charge >= 0.3 is 0 Å². The number of rotatable bonds is 5. The van der Waals surface area contributed by atoms with E-state index in [0.717, 1.165) is 11.3 Å². The van der Waals surface area contributed by atoms with Gasteiger partial charge in [-0.25, -0.2) is 0 Å². The van der Waals surface area contributed by atoms with Gasteiger partial charge in [0.25, 0.3) is 0 Å². The molecule has 0 spiro atoms. The van der Waals surface area contributed by atoms with Gasteiger partial charge in [-0.05, 0) is 24.6 Å². The minimum absolute atomic E-state index is 0.0472. The quantitative estimate of drug-likeness (QED) is 0.615. The lowest BCUT2D eigenvalue weighted by Crippen LogP contribution is -2.31. The summed E-state index contributed by atoms with van der Waals surface area (Å²) in [7, 11) is 0. The van der Waals surface area contributed by atoms with E-state index >= 15 is 0 Å². The second-order valence-corrected chi connectivity index (χ2v) is 3.38. The maximum atomic E-state index is 11.4. The number of carbonyl (C=O) groups is 1. The van der Waals surface area contributed by atoms with Crippen LogP contribution in [-0.2, 0) is 4.79 Å². The van der Waals surface area contributed by atoms with E-state index in [2.05, 4.69) is 10.6 Å². The van der Waals surface area contributed by atoms with Crippen LogP contribution >= 0.6 is 0 Å². The highest BCUT2D eigenvalue weighted by Gasteiger charge is 2.00. The fraction of sp³-hybridized carbons (Fsp3) is 0.364. The van der Waals surface area contributed by atoms with Gasteiger partial charge < -0.3 is 16.4 Å². The van der Waals surface area contributed by atoms with Gasteiger partial charge in [-0.2, -0.15) is 0 Å². The number of amides is 1. The lowest BCUT2D eigenvalue weighted by atomic mass is 10.2.